The van der Waals surface area contributed by atoms with Gasteiger partial charge in [-0.05, 0) is 34.6 Å². The minimum atomic E-state index is -3.82. The summed E-state index contributed by atoms with van der Waals surface area (Å²) >= 11 is 0. The van der Waals surface area contributed by atoms with Crippen LogP contribution in [0.3, 0.4) is 0 Å². The molecular weight excluding hydrogens is 294 g/mol. The van der Waals surface area contributed by atoms with Crippen LogP contribution in [-0.2, 0) is 26.1 Å². The van der Waals surface area contributed by atoms with Crippen molar-refractivity contribution in [3.8, 4) is 0 Å². The number of hydrogen-bond acceptors (Lipinski definition) is 5. The van der Waals surface area contributed by atoms with Gasteiger partial charge in [0.25, 0.3) is 10.0 Å². The zero-order valence-electron chi connectivity index (χ0n) is 13.2. The molecule has 8 heteroatoms. The van der Waals surface area contributed by atoms with E-state index in [0.29, 0.717) is 12.4 Å². The van der Waals surface area contributed by atoms with Gasteiger partial charge in [-0.3, -0.25) is 4.79 Å². The van der Waals surface area contributed by atoms with Crippen molar-refractivity contribution >= 4 is 16.0 Å². The predicted molar refractivity (Wildman–Crippen MR) is 78.3 cm³/mol. The highest BCUT2D eigenvalue weighted by Crippen LogP contribution is 2.18. The largest absolute Gasteiger partial charge is 0.465 e. The molecular formula is C13H23N3O4S. The van der Waals surface area contributed by atoms with Crippen LogP contribution in [0.25, 0.3) is 0 Å². The molecule has 1 aromatic heterocycles. The maximum Gasteiger partial charge on any atom is 0.321 e. The third-order valence-electron chi connectivity index (χ3n) is 3.03. The number of sulfonamides is 1. The van der Waals surface area contributed by atoms with Crippen LogP contribution in [0.1, 0.15) is 33.5 Å². The minimum Gasteiger partial charge on any atom is -0.465 e. The first-order valence-electron chi connectivity index (χ1n) is 6.95. The Morgan fingerprint density at radius 1 is 1.43 bits per heavy atom. The van der Waals surface area contributed by atoms with Crippen LogP contribution < -0.4 is 0 Å². The quantitative estimate of drug-likeness (QED) is 0.705. The zero-order chi connectivity index (χ0) is 16.2. The van der Waals surface area contributed by atoms with Crippen LogP contribution in [-0.4, -0.2) is 47.4 Å². The molecule has 0 aliphatic carbocycles. The molecule has 0 N–H and O–H groups in total. The summed E-state index contributed by atoms with van der Waals surface area (Å²) in [6.45, 7) is 9.28. The molecule has 21 heavy (non-hydrogen) atoms. The Labute approximate surface area is 126 Å². The molecule has 0 spiro atoms. The highest BCUT2D eigenvalue weighted by Gasteiger charge is 2.31. The van der Waals surface area contributed by atoms with Crippen molar-refractivity contribution in [3.63, 3.8) is 0 Å². The van der Waals surface area contributed by atoms with E-state index in [1.54, 1.807) is 32.3 Å². The van der Waals surface area contributed by atoms with Crippen LogP contribution in [0.2, 0.25) is 0 Å². The highest BCUT2D eigenvalue weighted by molar-refractivity contribution is 7.89. The fourth-order valence-corrected chi connectivity index (χ4v) is 3.50. The van der Waals surface area contributed by atoms with Crippen LogP contribution in [0.5, 0.6) is 0 Å². The number of ether oxygens (including phenoxy) is 1. The maximum atomic E-state index is 12.6. The topological polar surface area (TPSA) is 81.5 Å². The van der Waals surface area contributed by atoms with E-state index in [4.69, 9.17) is 4.74 Å². The second kappa shape index (κ2) is 7.04. The second-order valence-electron chi connectivity index (χ2n) is 4.86. The van der Waals surface area contributed by atoms with Gasteiger partial charge < -0.3 is 9.30 Å². The zero-order valence-corrected chi connectivity index (χ0v) is 14.0. The number of aryl methyl sites for hydroxylation is 2. The molecule has 0 aliphatic heterocycles. The molecule has 0 unspecified atom stereocenters. The summed E-state index contributed by atoms with van der Waals surface area (Å²) in [6.07, 6.45) is 1.49. The molecule has 1 aromatic rings. The number of imidazole rings is 1. The average molecular weight is 317 g/mol. The van der Waals surface area contributed by atoms with Gasteiger partial charge in [0, 0.05) is 18.8 Å². The van der Waals surface area contributed by atoms with Crippen molar-refractivity contribution in [2.75, 3.05) is 13.2 Å². The van der Waals surface area contributed by atoms with Crippen molar-refractivity contribution in [2.24, 2.45) is 0 Å². The molecule has 0 bridgehead atoms. The van der Waals surface area contributed by atoms with Crippen molar-refractivity contribution in [1.82, 2.24) is 13.9 Å². The smallest absolute Gasteiger partial charge is 0.321 e. The molecule has 7 nitrogen and oxygen atoms in total. The van der Waals surface area contributed by atoms with E-state index < -0.39 is 16.0 Å². The van der Waals surface area contributed by atoms with Gasteiger partial charge in [-0.2, -0.15) is 4.31 Å². The van der Waals surface area contributed by atoms with Crippen molar-refractivity contribution < 1.29 is 17.9 Å². The maximum absolute atomic E-state index is 12.6. The van der Waals surface area contributed by atoms with Gasteiger partial charge in [-0.1, -0.05) is 0 Å². The molecule has 1 heterocycles. The highest BCUT2D eigenvalue weighted by atomic mass is 32.2. The van der Waals surface area contributed by atoms with Crippen LogP contribution in [0.4, 0.5) is 0 Å². The van der Waals surface area contributed by atoms with Gasteiger partial charge in [-0.25, -0.2) is 13.4 Å². The van der Waals surface area contributed by atoms with E-state index in [1.165, 1.54) is 6.20 Å². The normalized spacial score (nSPS) is 12.1. The summed E-state index contributed by atoms with van der Waals surface area (Å²) in [5, 5.41) is -0.0418. The number of aromatic nitrogens is 2. The van der Waals surface area contributed by atoms with Crippen LogP contribution >= 0.6 is 0 Å². The lowest BCUT2D eigenvalue weighted by Gasteiger charge is -2.23. The predicted octanol–water partition coefficient (Wildman–Crippen LogP) is 1.17. The number of carbonyl (C=O) groups excluding carboxylic acids is 1. The van der Waals surface area contributed by atoms with E-state index in [1.807, 2.05) is 6.92 Å². The fourth-order valence-electron chi connectivity index (χ4n) is 1.92. The first kappa shape index (κ1) is 17.6. The number of hydrogen-bond donors (Lipinski definition) is 0. The number of nitrogens with zero attached hydrogens (tertiary/aromatic N) is 3. The van der Waals surface area contributed by atoms with Gasteiger partial charge in [0.15, 0.2) is 5.03 Å². The summed E-state index contributed by atoms with van der Waals surface area (Å²) in [5.41, 5.74) is 0. The van der Waals surface area contributed by atoms with Gasteiger partial charge in [0.05, 0.1) is 6.61 Å². The summed E-state index contributed by atoms with van der Waals surface area (Å²) in [6, 6.07) is -0.369. The lowest BCUT2D eigenvalue weighted by Crippen LogP contribution is -2.41. The average Bonchev–Trinajstić information content (AvgIpc) is 2.77. The Kier molecular flexibility index (Phi) is 5.91. The second-order valence-corrected chi connectivity index (χ2v) is 6.70. The van der Waals surface area contributed by atoms with Gasteiger partial charge in [-0.15, -0.1) is 0 Å². The standard InChI is InChI=1S/C13H23N3O4S/c1-6-15-8-12(14-11(15)5)21(18,19)16(10(3)4)9-13(17)20-7-2/h8,10H,6-7,9H2,1-5H3. The van der Waals surface area contributed by atoms with E-state index >= 15 is 0 Å². The molecule has 1 rings (SSSR count). The molecule has 0 atom stereocenters. The molecule has 0 aliphatic rings. The molecule has 0 radical (unpaired) electrons. The summed E-state index contributed by atoms with van der Waals surface area (Å²) in [5.74, 6) is 0.0531. The van der Waals surface area contributed by atoms with E-state index in [0.717, 1.165) is 4.31 Å². The fraction of sp³-hybridized carbons (Fsp3) is 0.692. The van der Waals surface area contributed by atoms with Crippen molar-refractivity contribution in [1.29, 1.82) is 0 Å². The van der Waals surface area contributed by atoms with Gasteiger partial charge in [0.2, 0.25) is 0 Å². The van der Waals surface area contributed by atoms with Crippen molar-refractivity contribution in [3.05, 3.63) is 12.0 Å². The number of rotatable bonds is 7. The van der Waals surface area contributed by atoms with Crippen LogP contribution in [0.15, 0.2) is 11.2 Å². The van der Waals surface area contributed by atoms with E-state index in [-0.39, 0.29) is 24.2 Å². The van der Waals surface area contributed by atoms with Gasteiger partial charge in [0.1, 0.15) is 12.4 Å². The summed E-state index contributed by atoms with van der Waals surface area (Å²) < 4.78 is 33.0. The first-order valence-corrected chi connectivity index (χ1v) is 8.39. The lowest BCUT2D eigenvalue weighted by atomic mass is 10.4. The Morgan fingerprint density at radius 2 is 2.05 bits per heavy atom. The SMILES string of the molecule is CCOC(=O)CN(C(C)C)S(=O)(=O)c1cn(CC)c(C)n1. The molecule has 0 fully saturated rings. The van der Waals surface area contributed by atoms with Gasteiger partial charge >= 0.3 is 5.97 Å². The number of carbonyl (C=O) groups is 1. The molecule has 0 amide bonds. The molecule has 0 aromatic carbocycles. The van der Waals surface area contributed by atoms with E-state index in [2.05, 4.69) is 4.98 Å². The molecule has 0 saturated carbocycles. The molecule has 0 saturated heterocycles. The lowest BCUT2D eigenvalue weighted by molar-refractivity contribution is -0.143. The van der Waals surface area contributed by atoms with Crippen molar-refractivity contribution in [2.45, 2.75) is 52.2 Å². The third-order valence-corrected chi connectivity index (χ3v) is 4.93. The summed E-state index contributed by atoms with van der Waals surface area (Å²) in [4.78, 5) is 15.7. The number of esters is 1. The Bertz CT molecular complexity index is 593. The minimum absolute atomic E-state index is 0.0418. The Hall–Kier alpha value is -1.41. The summed E-state index contributed by atoms with van der Waals surface area (Å²) in [7, 11) is -3.82. The third kappa shape index (κ3) is 4.04. The Morgan fingerprint density at radius 3 is 2.48 bits per heavy atom. The first-order chi connectivity index (χ1) is 9.73. The molecule has 120 valence electrons. The monoisotopic (exact) mass is 317 g/mol. The Balaban J connectivity index is 3.12. The van der Waals surface area contributed by atoms with Crippen LogP contribution in [0, 0.1) is 6.92 Å². The van der Waals surface area contributed by atoms with E-state index in [9.17, 15) is 13.2 Å².